The molecule has 1 aliphatic carbocycles. The molecule has 0 aromatic heterocycles. The molecule has 2 aromatic carbocycles. The third-order valence-corrected chi connectivity index (χ3v) is 4.22. The summed E-state index contributed by atoms with van der Waals surface area (Å²) in [5, 5.41) is 0. The first-order valence-corrected chi connectivity index (χ1v) is 8.39. The lowest BCUT2D eigenvalue weighted by atomic mass is 10.2. The van der Waals surface area contributed by atoms with Crippen molar-refractivity contribution in [3.8, 4) is 17.2 Å². The number of nitrogens with zero attached hydrogens (tertiary/aromatic N) is 1. The summed E-state index contributed by atoms with van der Waals surface area (Å²) < 4.78 is 16.0. The Bertz CT molecular complexity index is 710. The Kier molecular flexibility index (Phi) is 5.43. The van der Waals surface area contributed by atoms with Crippen LogP contribution in [0.3, 0.4) is 0 Å². The van der Waals surface area contributed by atoms with Crippen LogP contribution in [0.4, 0.5) is 0 Å². The van der Waals surface area contributed by atoms with Crippen molar-refractivity contribution in [2.45, 2.75) is 25.4 Å². The number of methoxy groups -OCH3 is 2. The quantitative estimate of drug-likeness (QED) is 0.739. The van der Waals surface area contributed by atoms with E-state index in [-0.39, 0.29) is 12.5 Å². The molecule has 0 aliphatic heterocycles. The monoisotopic (exact) mass is 341 g/mol. The molecular weight excluding hydrogens is 318 g/mol. The van der Waals surface area contributed by atoms with Crippen LogP contribution in [-0.4, -0.2) is 37.7 Å². The average Bonchev–Trinajstić information content (AvgIpc) is 3.50. The fourth-order valence-electron chi connectivity index (χ4n) is 2.65. The fourth-order valence-corrected chi connectivity index (χ4v) is 2.65. The highest BCUT2D eigenvalue weighted by atomic mass is 16.5. The Morgan fingerprint density at radius 1 is 1.00 bits per heavy atom. The molecule has 1 saturated carbocycles. The van der Waals surface area contributed by atoms with Crippen LogP contribution >= 0.6 is 0 Å². The lowest BCUT2D eigenvalue weighted by Crippen LogP contribution is -2.36. The van der Waals surface area contributed by atoms with Crippen LogP contribution in [-0.2, 0) is 11.3 Å². The van der Waals surface area contributed by atoms with Gasteiger partial charge >= 0.3 is 0 Å². The summed E-state index contributed by atoms with van der Waals surface area (Å²) in [5.41, 5.74) is 1.09. The van der Waals surface area contributed by atoms with Gasteiger partial charge in [-0.1, -0.05) is 18.2 Å². The number of benzene rings is 2. The van der Waals surface area contributed by atoms with Gasteiger partial charge in [0.25, 0.3) is 5.91 Å². The molecule has 3 rings (SSSR count). The number of amides is 1. The molecular formula is C20H23NO4. The van der Waals surface area contributed by atoms with Gasteiger partial charge in [-0.05, 0) is 42.7 Å². The average molecular weight is 341 g/mol. The SMILES string of the molecule is COc1ccc(CN(C(=O)COc2cccc(OC)c2)C2CC2)cc1. The highest BCUT2D eigenvalue weighted by Crippen LogP contribution is 2.29. The van der Waals surface area contributed by atoms with Crippen molar-refractivity contribution < 1.29 is 19.0 Å². The maximum absolute atomic E-state index is 12.6. The Morgan fingerprint density at radius 2 is 1.68 bits per heavy atom. The van der Waals surface area contributed by atoms with E-state index in [0.29, 0.717) is 24.1 Å². The maximum atomic E-state index is 12.6. The third kappa shape index (κ3) is 4.66. The molecule has 0 N–H and O–H groups in total. The van der Waals surface area contributed by atoms with Crippen LogP contribution in [0.5, 0.6) is 17.2 Å². The van der Waals surface area contributed by atoms with E-state index < -0.39 is 0 Å². The van der Waals surface area contributed by atoms with Crippen LogP contribution in [0.2, 0.25) is 0 Å². The van der Waals surface area contributed by atoms with E-state index in [1.807, 2.05) is 47.4 Å². The molecule has 2 aromatic rings. The minimum atomic E-state index is 0.00105. The minimum Gasteiger partial charge on any atom is -0.497 e. The topological polar surface area (TPSA) is 48.0 Å². The second-order valence-corrected chi connectivity index (χ2v) is 6.07. The van der Waals surface area contributed by atoms with Crippen LogP contribution in [0.15, 0.2) is 48.5 Å². The molecule has 1 amide bonds. The van der Waals surface area contributed by atoms with Crippen molar-refractivity contribution in [2.75, 3.05) is 20.8 Å². The molecule has 0 atom stereocenters. The zero-order valence-electron chi connectivity index (χ0n) is 14.6. The van der Waals surface area contributed by atoms with Gasteiger partial charge in [-0.15, -0.1) is 0 Å². The number of hydrogen-bond donors (Lipinski definition) is 0. The van der Waals surface area contributed by atoms with Crippen molar-refractivity contribution in [3.05, 3.63) is 54.1 Å². The number of ether oxygens (including phenoxy) is 3. The smallest absolute Gasteiger partial charge is 0.261 e. The standard InChI is InChI=1S/C20H23NO4/c1-23-17-10-6-15(7-11-17)13-21(16-8-9-16)20(22)14-25-19-5-3-4-18(12-19)24-2/h3-7,10-12,16H,8-9,13-14H2,1-2H3. The first kappa shape index (κ1) is 17.1. The van der Waals surface area contributed by atoms with E-state index in [2.05, 4.69) is 0 Å². The van der Waals surface area contributed by atoms with Gasteiger partial charge in [0, 0.05) is 18.7 Å². The Hall–Kier alpha value is -2.69. The van der Waals surface area contributed by atoms with Gasteiger partial charge in [-0.25, -0.2) is 0 Å². The van der Waals surface area contributed by atoms with E-state index in [4.69, 9.17) is 14.2 Å². The van der Waals surface area contributed by atoms with Gasteiger partial charge in [0.15, 0.2) is 6.61 Å². The molecule has 0 spiro atoms. The third-order valence-electron chi connectivity index (χ3n) is 4.22. The van der Waals surface area contributed by atoms with E-state index >= 15 is 0 Å². The summed E-state index contributed by atoms with van der Waals surface area (Å²) in [6.45, 7) is 0.620. The van der Waals surface area contributed by atoms with Gasteiger partial charge in [0.2, 0.25) is 0 Å². The normalized spacial score (nSPS) is 13.2. The summed E-state index contributed by atoms with van der Waals surface area (Å²) in [6, 6.07) is 15.4. The Morgan fingerprint density at radius 3 is 2.32 bits per heavy atom. The van der Waals surface area contributed by atoms with Crippen LogP contribution < -0.4 is 14.2 Å². The summed E-state index contributed by atoms with van der Waals surface area (Å²) in [4.78, 5) is 14.5. The Labute approximate surface area is 148 Å². The summed E-state index contributed by atoms with van der Waals surface area (Å²) >= 11 is 0. The van der Waals surface area contributed by atoms with Gasteiger partial charge < -0.3 is 19.1 Å². The van der Waals surface area contributed by atoms with Crippen molar-refractivity contribution in [1.29, 1.82) is 0 Å². The van der Waals surface area contributed by atoms with Crippen LogP contribution in [0, 0.1) is 0 Å². The molecule has 5 heteroatoms. The second-order valence-electron chi connectivity index (χ2n) is 6.07. The lowest BCUT2D eigenvalue weighted by Gasteiger charge is -2.23. The molecule has 0 unspecified atom stereocenters. The molecule has 25 heavy (non-hydrogen) atoms. The highest BCUT2D eigenvalue weighted by molar-refractivity contribution is 5.78. The zero-order chi connectivity index (χ0) is 17.6. The van der Waals surface area contributed by atoms with E-state index in [9.17, 15) is 4.79 Å². The van der Waals surface area contributed by atoms with Crippen molar-refractivity contribution in [1.82, 2.24) is 4.90 Å². The Balaban J connectivity index is 1.60. The molecule has 0 heterocycles. The summed E-state index contributed by atoms with van der Waals surface area (Å²) in [5.74, 6) is 2.16. The predicted octanol–water partition coefficient (Wildman–Crippen LogP) is 3.27. The van der Waals surface area contributed by atoms with Gasteiger partial charge in [-0.2, -0.15) is 0 Å². The molecule has 0 radical (unpaired) electrons. The molecule has 1 aliphatic rings. The van der Waals surface area contributed by atoms with E-state index in [0.717, 1.165) is 24.2 Å². The predicted molar refractivity (Wildman–Crippen MR) is 95.1 cm³/mol. The van der Waals surface area contributed by atoms with Crippen LogP contribution in [0.25, 0.3) is 0 Å². The lowest BCUT2D eigenvalue weighted by molar-refractivity contribution is -0.134. The molecule has 132 valence electrons. The second kappa shape index (κ2) is 7.92. The summed E-state index contributed by atoms with van der Waals surface area (Å²) in [7, 11) is 3.25. The van der Waals surface area contributed by atoms with Crippen LogP contribution in [0.1, 0.15) is 18.4 Å². The highest BCUT2D eigenvalue weighted by Gasteiger charge is 2.32. The van der Waals surface area contributed by atoms with Gasteiger partial charge in [-0.3, -0.25) is 4.79 Å². The number of hydrogen-bond acceptors (Lipinski definition) is 4. The van der Waals surface area contributed by atoms with Crippen molar-refractivity contribution >= 4 is 5.91 Å². The molecule has 5 nitrogen and oxygen atoms in total. The van der Waals surface area contributed by atoms with Crippen molar-refractivity contribution in [3.63, 3.8) is 0 Å². The maximum Gasteiger partial charge on any atom is 0.261 e. The van der Waals surface area contributed by atoms with Crippen molar-refractivity contribution in [2.24, 2.45) is 0 Å². The number of carbonyl (C=O) groups excluding carboxylic acids is 1. The first-order chi connectivity index (χ1) is 12.2. The van der Waals surface area contributed by atoms with E-state index in [1.54, 1.807) is 20.3 Å². The molecule has 1 fully saturated rings. The number of carbonyl (C=O) groups is 1. The molecule has 0 bridgehead atoms. The largest absolute Gasteiger partial charge is 0.497 e. The fraction of sp³-hybridized carbons (Fsp3) is 0.350. The van der Waals surface area contributed by atoms with E-state index in [1.165, 1.54) is 0 Å². The molecule has 0 saturated heterocycles. The number of rotatable bonds is 8. The summed E-state index contributed by atoms with van der Waals surface area (Å²) in [6.07, 6.45) is 2.11. The zero-order valence-corrected chi connectivity index (χ0v) is 14.6. The first-order valence-electron chi connectivity index (χ1n) is 8.39. The van der Waals surface area contributed by atoms with Gasteiger partial charge in [0.1, 0.15) is 17.2 Å². The minimum absolute atomic E-state index is 0.00105. The van der Waals surface area contributed by atoms with Gasteiger partial charge in [0.05, 0.1) is 14.2 Å².